The third-order valence-corrected chi connectivity index (χ3v) is 3.55. The summed E-state index contributed by atoms with van der Waals surface area (Å²) >= 11 is 0.242. The first kappa shape index (κ1) is 8.58. The summed E-state index contributed by atoms with van der Waals surface area (Å²) < 4.78 is 3.43. The fourth-order valence-corrected chi connectivity index (χ4v) is 2.52. The van der Waals surface area contributed by atoms with Crippen LogP contribution in [0.15, 0.2) is 26.8 Å². The van der Waals surface area contributed by atoms with Gasteiger partial charge in [0.2, 0.25) is 0 Å². The molecule has 0 aromatic rings. The van der Waals surface area contributed by atoms with Crippen molar-refractivity contribution in [2.75, 3.05) is 11.0 Å². The monoisotopic (exact) mass is 264 g/mol. The normalized spacial score (nSPS) is 16.5. The van der Waals surface area contributed by atoms with E-state index in [0.29, 0.717) is 6.54 Å². The Hall–Kier alpha value is -0.520. The van der Waals surface area contributed by atoms with E-state index in [0.717, 1.165) is 0 Å². The van der Waals surface area contributed by atoms with Gasteiger partial charge in [-0.15, -0.1) is 0 Å². The zero-order valence-corrected chi connectivity index (χ0v) is 8.28. The molecule has 0 aromatic heterocycles. The number of hydrogen-bond acceptors (Lipinski definition) is 1. The first-order valence-electron chi connectivity index (χ1n) is 3.27. The molecule has 11 heavy (non-hydrogen) atoms. The van der Waals surface area contributed by atoms with Gasteiger partial charge in [-0.1, -0.05) is 0 Å². The van der Waals surface area contributed by atoms with Gasteiger partial charge in [0, 0.05) is 0 Å². The second kappa shape index (κ2) is 4.38. The van der Waals surface area contributed by atoms with Gasteiger partial charge >= 0.3 is 76.4 Å². The van der Waals surface area contributed by atoms with Crippen molar-refractivity contribution >= 4 is 5.96 Å². The second-order valence-corrected chi connectivity index (χ2v) is 4.54. The molecule has 4 heteroatoms. The van der Waals surface area contributed by atoms with Gasteiger partial charge in [-0.3, -0.25) is 0 Å². The van der Waals surface area contributed by atoms with Gasteiger partial charge in [-0.25, -0.2) is 0 Å². The third-order valence-electron chi connectivity index (χ3n) is 1.21. The number of rotatable bonds is 2. The van der Waals surface area contributed by atoms with Gasteiger partial charge in [-0.05, 0) is 0 Å². The van der Waals surface area contributed by atoms with Crippen LogP contribution in [0.1, 0.15) is 0 Å². The van der Waals surface area contributed by atoms with Gasteiger partial charge < -0.3 is 0 Å². The van der Waals surface area contributed by atoms with Crippen LogP contribution < -0.4 is 32.7 Å². The summed E-state index contributed by atoms with van der Waals surface area (Å²) in [5, 5.41) is 0. The molecule has 0 bridgehead atoms. The van der Waals surface area contributed by atoms with Crippen molar-refractivity contribution in [1.82, 2.24) is 0 Å². The number of nitrogens with zero attached hydrogens (tertiary/aromatic N) is 1. The first-order valence-corrected chi connectivity index (χ1v) is 6.04. The zero-order valence-electron chi connectivity index (χ0n) is 6.13. The molecule has 0 aromatic carbocycles. The van der Waals surface area contributed by atoms with Crippen molar-refractivity contribution in [2.24, 2.45) is 16.5 Å². The Morgan fingerprint density at radius 3 is 3.00 bits per heavy atom. The molecule has 4 N–H and O–H groups in total. The molecule has 1 heterocycles. The van der Waals surface area contributed by atoms with Crippen LogP contribution in [-0.4, -0.2) is 16.9 Å². The molecule has 62 valence electrons. The number of aliphatic imine (C=N–C) groups is 1. The minimum atomic E-state index is 0.179. The van der Waals surface area contributed by atoms with Crippen LogP contribution in [0.3, 0.4) is 0 Å². The Kier molecular flexibility index (Phi) is 3.41. The van der Waals surface area contributed by atoms with Crippen molar-refractivity contribution in [2.45, 2.75) is 0 Å². The van der Waals surface area contributed by atoms with E-state index in [4.69, 9.17) is 11.5 Å². The SMILES string of the molecule is NC(N)=NCC1=CC=C[I-]C1. The predicted octanol–water partition coefficient (Wildman–Crippen LogP) is -3.20. The van der Waals surface area contributed by atoms with E-state index in [2.05, 4.69) is 21.2 Å². The average Bonchev–Trinajstić information content (AvgIpc) is 2.03. The summed E-state index contributed by atoms with van der Waals surface area (Å²) in [6, 6.07) is 0. The summed E-state index contributed by atoms with van der Waals surface area (Å²) in [7, 11) is 0. The molecule has 1 aliphatic rings. The molecule has 0 atom stereocenters. The van der Waals surface area contributed by atoms with Crippen molar-refractivity contribution in [3.8, 4) is 0 Å². The molecule has 0 saturated heterocycles. The van der Waals surface area contributed by atoms with E-state index >= 15 is 0 Å². The fourth-order valence-electron chi connectivity index (χ4n) is 0.700. The number of alkyl halides is 1. The first-order chi connectivity index (χ1) is 5.29. The maximum atomic E-state index is 5.20. The number of nitrogens with two attached hydrogens (primary N) is 2. The molecule has 0 unspecified atom stereocenters. The second-order valence-electron chi connectivity index (χ2n) is 2.17. The quantitative estimate of drug-likeness (QED) is 0.239. The van der Waals surface area contributed by atoms with Crippen LogP contribution in [0, 0.1) is 0 Å². The molecule has 0 fully saturated rings. The van der Waals surface area contributed by atoms with E-state index in [-0.39, 0.29) is 27.2 Å². The zero-order chi connectivity index (χ0) is 8.10. The van der Waals surface area contributed by atoms with Crippen LogP contribution in [-0.2, 0) is 0 Å². The number of hydrogen-bond donors (Lipinski definition) is 2. The number of allylic oxidation sites excluding steroid dienone is 2. The molecule has 1 aliphatic heterocycles. The molecule has 0 saturated carbocycles. The summed E-state index contributed by atoms with van der Waals surface area (Å²) in [5.41, 5.74) is 11.7. The molecular formula is C7H11IN3-. The molecule has 1 rings (SSSR count). The topological polar surface area (TPSA) is 64.4 Å². The Labute approximate surface area is 76.5 Å². The van der Waals surface area contributed by atoms with E-state index in [9.17, 15) is 0 Å². The van der Waals surface area contributed by atoms with Crippen LogP contribution in [0.4, 0.5) is 0 Å². The molecule has 0 aliphatic carbocycles. The van der Waals surface area contributed by atoms with Crippen LogP contribution in [0.25, 0.3) is 0 Å². The number of guanidine groups is 1. The summed E-state index contributed by atoms with van der Waals surface area (Å²) in [5.74, 6) is 0.179. The third kappa shape index (κ3) is 3.41. The Morgan fingerprint density at radius 1 is 1.64 bits per heavy atom. The van der Waals surface area contributed by atoms with Gasteiger partial charge in [0.15, 0.2) is 0 Å². The molecule has 3 nitrogen and oxygen atoms in total. The fraction of sp³-hybridized carbons (Fsp3) is 0.286. The van der Waals surface area contributed by atoms with Crippen molar-refractivity contribution in [3.63, 3.8) is 0 Å². The van der Waals surface area contributed by atoms with E-state index < -0.39 is 0 Å². The van der Waals surface area contributed by atoms with Gasteiger partial charge in [0.1, 0.15) is 0 Å². The molecular weight excluding hydrogens is 253 g/mol. The molecule has 0 radical (unpaired) electrons. The van der Waals surface area contributed by atoms with Crippen molar-refractivity contribution < 1.29 is 21.2 Å². The van der Waals surface area contributed by atoms with Crippen LogP contribution >= 0.6 is 0 Å². The Bertz CT molecular complexity index is 214. The minimum absolute atomic E-state index is 0.179. The molecule has 0 amide bonds. The average molecular weight is 264 g/mol. The van der Waals surface area contributed by atoms with Gasteiger partial charge in [0.25, 0.3) is 0 Å². The van der Waals surface area contributed by atoms with Crippen molar-refractivity contribution in [3.05, 3.63) is 21.8 Å². The summed E-state index contributed by atoms with van der Waals surface area (Å²) in [6.07, 6.45) is 4.18. The van der Waals surface area contributed by atoms with Gasteiger partial charge in [-0.2, -0.15) is 0 Å². The van der Waals surface area contributed by atoms with Gasteiger partial charge in [0.05, 0.1) is 0 Å². The van der Waals surface area contributed by atoms with Crippen molar-refractivity contribution in [1.29, 1.82) is 0 Å². The molecule has 0 spiro atoms. The summed E-state index contributed by atoms with van der Waals surface area (Å²) in [4.78, 5) is 3.94. The predicted molar refractivity (Wildman–Crippen MR) is 42.8 cm³/mol. The van der Waals surface area contributed by atoms with E-state index in [1.54, 1.807) is 0 Å². The van der Waals surface area contributed by atoms with Crippen LogP contribution in [0.2, 0.25) is 0 Å². The van der Waals surface area contributed by atoms with E-state index in [1.807, 2.05) is 0 Å². The summed E-state index contributed by atoms with van der Waals surface area (Å²) in [6.45, 7) is 0.673. The van der Waals surface area contributed by atoms with E-state index in [1.165, 1.54) is 10.0 Å². The van der Waals surface area contributed by atoms with Crippen LogP contribution in [0.5, 0.6) is 0 Å². The Balaban J connectivity index is 2.43. The Morgan fingerprint density at radius 2 is 2.45 bits per heavy atom. The standard InChI is InChI=1S/C7H11IN3/c9-7(10)11-5-6-2-1-3-8-4-6/h1-3H,4-5H2,(H4,9,10,11)/q-1. The maximum absolute atomic E-state index is 5.20. The number of halogens is 1.